The van der Waals surface area contributed by atoms with Crippen LogP contribution >= 0.6 is 0 Å². The Morgan fingerprint density at radius 2 is 1.68 bits per heavy atom. The molecule has 0 radical (unpaired) electrons. The fraction of sp³-hybridized carbons (Fsp3) is 0.269. The number of rotatable bonds is 11. The highest BCUT2D eigenvalue weighted by atomic mass is 32.2. The first-order valence-electron chi connectivity index (χ1n) is 11.0. The Morgan fingerprint density at radius 1 is 0.971 bits per heavy atom. The van der Waals surface area contributed by atoms with Crippen LogP contribution in [0.3, 0.4) is 0 Å². The molecule has 0 aromatic heterocycles. The van der Waals surface area contributed by atoms with Crippen molar-refractivity contribution in [3.05, 3.63) is 89.5 Å². The topological polar surface area (TPSA) is 90.9 Å². The lowest BCUT2D eigenvalue weighted by atomic mass is 10.1. The van der Waals surface area contributed by atoms with Gasteiger partial charge >= 0.3 is 16.1 Å². The van der Waals surface area contributed by atoms with Crippen LogP contribution in [0.5, 0.6) is 5.75 Å². The lowest BCUT2D eigenvalue weighted by Crippen LogP contribution is -2.13. The molecule has 34 heavy (non-hydrogen) atoms. The molecule has 0 bridgehead atoms. The van der Waals surface area contributed by atoms with Gasteiger partial charge in [-0.05, 0) is 49.1 Å². The second-order valence-electron chi connectivity index (χ2n) is 8.29. The Labute approximate surface area is 200 Å². The van der Waals surface area contributed by atoms with Crippen LogP contribution in [0.1, 0.15) is 41.8 Å². The average Bonchev–Trinajstić information content (AvgIpc) is 2.82. The molecule has 0 unspecified atom stereocenters. The van der Waals surface area contributed by atoms with E-state index in [-0.39, 0.29) is 22.8 Å². The van der Waals surface area contributed by atoms with E-state index >= 15 is 0 Å². The van der Waals surface area contributed by atoms with Gasteiger partial charge in [-0.3, -0.25) is 0 Å². The van der Waals surface area contributed by atoms with Crippen molar-refractivity contribution in [3.63, 3.8) is 0 Å². The maximum atomic E-state index is 12.7. The van der Waals surface area contributed by atoms with Gasteiger partial charge < -0.3 is 9.47 Å². The van der Waals surface area contributed by atoms with Crippen molar-refractivity contribution >= 4 is 21.8 Å². The fourth-order valence-electron chi connectivity index (χ4n) is 2.93. The van der Waals surface area contributed by atoms with Gasteiger partial charge in [0.1, 0.15) is 12.4 Å². The summed E-state index contributed by atoms with van der Waals surface area (Å²) in [7, 11) is -4.06. The molecule has 7 nitrogen and oxygen atoms in total. The highest BCUT2D eigenvalue weighted by Gasteiger charge is 2.17. The predicted octanol–water partition coefficient (Wildman–Crippen LogP) is 5.51. The second-order valence-corrected chi connectivity index (χ2v) is 9.84. The van der Waals surface area contributed by atoms with Crippen LogP contribution in [-0.2, 0) is 25.7 Å². The van der Waals surface area contributed by atoms with E-state index in [4.69, 9.17) is 13.8 Å². The van der Waals surface area contributed by atoms with Crippen molar-refractivity contribution in [3.8, 4) is 5.75 Å². The molecule has 3 aromatic carbocycles. The van der Waals surface area contributed by atoms with Crippen molar-refractivity contribution in [1.29, 1.82) is 0 Å². The summed E-state index contributed by atoms with van der Waals surface area (Å²) in [5, 5.41) is 0. The Morgan fingerprint density at radius 3 is 2.35 bits per heavy atom. The number of hydrogen-bond donors (Lipinski definition) is 1. The van der Waals surface area contributed by atoms with E-state index in [9.17, 15) is 13.2 Å². The normalized spacial score (nSPS) is 11.3. The number of carbonyl (C=O) groups is 1. The first-order valence-corrected chi connectivity index (χ1v) is 12.4. The third-order valence-corrected chi connectivity index (χ3v) is 6.05. The third kappa shape index (κ3) is 7.60. The molecule has 180 valence electrons. The summed E-state index contributed by atoms with van der Waals surface area (Å²) >= 11 is 0. The number of carbonyl (C=O) groups excluding carboxylic acids is 1. The number of aryl methyl sites for hydroxylation is 1. The van der Waals surface area contributed by atoms with Crippen LogP contribution in [-0.4, -0.2) is 21.0 Å². The van der Waals surface area contributed by atoms with Crippen molar-refractivity contribution in [2.45, 2.75) is 38.7 Å². The molecule has 0 amide bonds. The van der Waals surface area contributed by atoms with Gasteiger partial charge in [-0.2, -0.15) is 8.42 Å². The molecule has 0 saturated heterocycles. The predicted molar refractivity (Wildman–Crippen MR) is 130 cm³/mol. The molecule has 0 aliphatic heterocycles. The summed E-state index contributed by atoms with van der Waals surface area (Å²) in [4.78, 5) is 12.7. The Kier molecular flexibility index (Phi) is 8.67. The minimum absolute atomic E-state index is 0.0115. The summed E-state index contributed by atoms with van der Waals surface area (Å²) < 4.78 is 41.3. The minimum atomic E-state index is -4.06. The van der Waals surface area contributed by atoms with Gasteiger partial charge in [0, 0.05) is 6.07 Å². The molecular weight excluding hydrogens is 454 g/mol. The maximum Gasteiger partial charge on any atom is 0.338 e. The molecule has 3 aromatic rings. The van der Waals surface area contributed by atoms with Crippen LogP contribution in [0.4, 0.5) is 5.69 Å². The summed E-state index contributed by atoms with van der Waals surface area (Å²) in [6.07, 6.45) is 0.823. The summed E-state index contributed by atoms with van der Waals surface area (Å²) in [5.41, 5.74) is 4.66. The van der Waals surface area contributed by atoms with Crippen LogP contribution in [0.15, 0.2) is 77.7 Å². The lowest BCUT2D eigenvalue weighted by molar-refractivity contribution is 0.0472. The van der Waals surface area contributed by atoms with E-state index in [1.54, 1.807) is 24.3 Å². The average molecular weight is 484 g/mol. The van der Waals surface area contributed by atoms with E-state index in [1.807, 2.05) is 37.3 Å². The minimum Gasteiger partial charge on any atom is -0.493 e. The molecule has 3 rings (SSSR count). The van der Waals surface area contributed by atoms with E-state index in [2.05, 4.69) is 19.3 Å². The largest absolute Gasteiger partial charge is 0.493 e. The molecule has 1 N–H and O–H groups in total. The Balaban J connectivity index is 1.76. The highest BCUT2D eigenvalue weighted by Crippen LogP contribution is 2.24. The highest BCUT2D eigenvalue weighted by molar-refractivity contribution is 7.86. The number of esters is 1. The zero-order valence-electron chi connectivity index (χ0n) is 19.5. The second kappa shape index (κ2) is 11.7. The quantitative estimate of drug-likeness (QED) is 0.284. The summed E-state index contributed by atoms with van der Waals surface area (Å²) in [6.45, 7) is 6.58. The number of anilines is 1. The van der Waals surface area contributed by atoms with Gasteiger partial charge in [0.2, 0.25) is 0 Å². The lowest BCUT2D eigenvalue weighted by Gasteiger charge is -2.13. The van der Waals surface area contributed by atoms with Crippen LogP contribution in [0.25, 0.3) is 0 Å². The molecule has 0 aliphatic rings. The molecule has 0 saturated carbocycles. The fourth-order valence-corrected chi connectivity index (χ4v) is 3.71. The van der Waals surface area contributed by atoms with Crippen molar-refractivity contribution in [1.82, 2.24) is 0 Å². The van der Waals surface area contributed by atoms with E-state index in [0.29, 0.717) is 18.3 Å². The molecule has 0 fully saturated rings. The molecule has 0 spiro atoms. The van der Waals surface area contributed by atoms with Crippen molar-refractivity contribution < 1.29 is 27.0 Å². The van der Waals surface area contributed by atoms with Gasteiger partial charge in [0.05, 0.1) is 22.8 Å². The van der Waals surface area contributed by atoms with E-state index in [1.165, 1.54) is 18.2 Å². The van der Waals surface area contributed by atoms with Gasteiger partial charge in [-0.25, -0.2) is 10.3 Å². The van der Waals surface area contributed by atoms with Crippen LogP contribution in [0, 0.1) is 12.8 Å². The first kappa shape index (κ1) is 25.3. The molecule has 0 atom stereocenters. The van der Waals surface area contributed by atoms with Crippen LogP contribution in [0.2, 0.25) is 0 Å². The third-order valence-electron chi connectivity index (χ3n) is 4.90. The van der Waals surface area contributed by atoms with Gasteiger partial charge in [-0.15, -0.1) is 4.28 Å². The van der Waals surface area contributed by atoms with Crippen LogP contribution < -0.4 is 10.2 Å². The zero-order chi connectivity index (χ0) is 24.6. The maximum absolute atomic E-state index is 12.7. The monoisotopic (exact) mass is 483 g/mol. The van der Waals surface area contributed by atoms with Gasteiger partial charge in [0.15, 0.2) is 0 Å². The summed E-state index contributed by atoms with van der Waals surface area (Å²) in [6, 6.07) is 20.2. The smallest absolute Gasteiger partial charge is 0.338 e. The van der Waals surface area contributed by atoms with E-state index < -0.39 is 16.1 Å². The Bertz CT molecular complexity index is 1190. The standard InChI is InChI=1S/C26H29NO6S/c1-19(2)13-14-31-24-16-22(26(28)32-18-21-7-5-4-6-8-21)15-23(17-24)27-33-34(29,30)25-11-9-20(3)10-12-25/h4-12,15-17,19,27H,13-14,18H2,1-3H3. The van der Waals surface area contributed by atoms with E-state index in [0.717, 1.165) is 17.5 Å². The van der Waals surface area contributed by atoms with Gasteiger partial charge in [0.25, 0.3) is 0 Å². The van der Waals surface area contributed by atoms with Crippen molar-refractivity contribution in [2.75, 3.05) is 12.1 Å². The molecule has 8 heteroatoms. The molecular formula is C26H29NO6S. The number of nitrogens with one attached hydrogen (secondary N) is 1. The SMILES string of the molecule is Cc1ccc(S(=O)(=O)ONc2cc(OCCC(C)C)cc(C(=O)OCc3ccccc3)c2)cc1. The van der Waals surface area contributed by atoms with Gasteiger partial charge in [-0.1, -0.05) is 61.9 Å². The summed E-state index contributed by atoms with van der Waals surface area (Å²) in [5.74, 6) is 0.274. The first-order chi connectivity index (χ1) is 16.2. The molecule has 0 aliphatic carbocycles. The Hall–Kier alpha value is -3.36. The number of benzene rings is 3. The zero-order valence-corrected chi connectivity index (χ0v) is 20.3. The van der Waals surface area contributed by atoms with Crippen molar-refractivity contribution in [2.24, 2.45) is 5.92 Å². The number of ether oxygens (including phenoxy) is 2. The molecule has 0 heterocycles. The number of hydrogen-bond acceptors (Lipinski definition) is 7.